The lowest BCUT2D eigenvalue weighted by Gasteiger charge is -2.56. The maximum atomic E-state index is 13.1. The molecule has 0 N–H and O–H groups in total. The Bertz CT molecular complexity index is 1160. The normalized spacial score (nSPS) is 22.2. The summed E-state index contributed by atoms with van der Waals surface area (Å²) in [6, 6.07) is 7.34. The summed E-state index contributed by atoms with van der Waals surface area (Å²) in [6.45, 7) is 4.69. The van der Waals surface area contributed by atoms with Crippen molar-refractivity contribution in [3.8, 4) is 23.0 Å². The molecule has 174 valence electrons. The van der Waals surface area contributed by atoms with Crippen LogP contribution in [0.3, 0.4) is 0 Å². The molecule has 0 aliphatic carbocycles. The summed E-state index contributed by atoms with van der Waals surface area (Å²) < 4.78 is 28.2. The molecule has 9 nitrogen and oxygen atoms in total. The highest BCUT2D eigenvalue weighted by atomic mass is 16.7. The van der Waals surface area contributed by atoms with E-state index in [4.69, 9.17) is 23.7 Å². The molecule has 3 heterocycles. The monoisotopic (exact) mass is 454 g/mol. The number of methoxy groups -OCH3 is 2. The van der Waals surface area contributed by atoms with Crippen LogP contribution >= 0.6 is 0 Å². The van der Waals surface area contributed by atoms with Crippen LogP contribution in [-0.4, -0.2) is 38.7 Å². The number of carbonyl (C=O) groups is 2. The molecular formula is C24H26N2O7. The molecule has 2 aromatic rings. The zero-order chi connectivity index (χ0) is 23.5. The molecule has 0 spiro atoms. The molecule has 0 radical (unpaired) electrons. The summed E-state index contributed by atoms with van der Waals surface area (Å²) in [5, 5.41) is 0. The molecule has 3 aliphatic rings. The van der Waals surface area contributed by atoms with Crippen molar-refractivity contribution < 1.29 is 33.3 Å². The van der Waals surface area contributed by atoms with Crippen LogP contribution in [0.4, 0.5) is 11.4 Å². The number of esters is 1. The fourth-order valence-corrected chi connectivity index (χ4v) is 5.30. The third-order valence-electron chi connectivity index (χ3n) is 6.48. The molecule has 2 atom stereocenters. The van der Waals surface area contributed by atoms with E-state index in [9.17, 15) is 9.59 Å². The predicted molar refractivity (Wildman–Crippen MR) is 119 cm³/mol. The third kappa shape index (κ3) is 3.06. The van der Waals surface area contributed by atoms with E-state index in [1.165, 1.54) is 18.7 Å². The number of ether oxygens (including phenoxy) is 5. The smallest absolute Gasteiger partial charge is 0.306 e. The van der Waals surface area contributed by atoms with Gasteiger partial charge in [-0.2, -0.15) is 0 Å². The zero-order valence-corrected chi connectivity index (χ0v) is 19.3. The van der Waals surface area contributed by atoms with E-state index < -0.39 is 11.8 Å². The molecule has 5 rings (SSSR count). The first kappa shape index (κ1) is 21.2. The number of anilines is 2. The highest BCUT2D eigenvalue weighted by Gasteiger charge is 2.54. The van der Waals surface area contributed by atoms with Crippen molar-refractivity contribution in [3.05, 3.63) is 35.4 Å². The maximum Gasteiger partial charge on any atom is 0.306 e. The lowest BCUT2D eigenvalue weighted by molar-refractivity contribution is -0.158. The van der Waals surface area contributed by atoms with Crippen molar-refractivity contribution in [1.29, 1.82) is 0 Å². The van der Waals surface area contributed by atoms with Gasteiger partial charge in [-0.05, 0) is 30.5 Å². The second-order valence-electron chi connectivity index (χ2n) is 8.41. The minimum atomic E-state index is -1.42. The number of benzene rings is 2. The molecule has 0 unspecified atom stereocenters. The second kappa shape index (κ2) is 7.47. The molecule has 2 aromatic carbocycles. The summed E-state index contributed by atoms with van der Waals surface area (Å²) in [4.78, 5) is 28.9. The largest absolute Gasteiger partial charge is 0.493 e. The van der Waals surface area contributed by atoms with E-state index >= 15 is 0 Å². The number of aryl methyl sites for hydroxylation is 1. The number of nitrogens with zero attached hydrogens (tertiary/aromatic N) is 2. The van der Waals surface area contributed by atoms with E-state index in [2.05, 4.69) is 0 Å². The summed E-state index contributed by atoms with van der Waals surface area (Å²) in [5.41, 5.74) is 3.36. The van der Waals surface area contributed by atoms with Crippen molar-refractivity contribution in [2.24, 2.45) is 0 Å². The Balaban J connectivity index is 1.79. The molecule has 1 amide bonds. The first-order valence-corrected chi connectivity index (χ1v) is 10.8. The van der Waals surface area contributed by atoms with Gasteiger partial charge in [0.2, 0.25) is 12.7 Å². The maximum absolute atomic E-state index is 13.1. The van der Waals surface area contributed by atoms with E-state index in [0.717, 1.165) is 29.7 Å². The third-order valence-corrected chi connectivity index (χ3v) is 6.48. The first-order valence-electron chi connectivity index (χ1n) is 10.8. The fourth-order valence-electron chi connectivity index (χ4n) is 5.30. The number of hydrogen-bond donors (Lipinski definition) is 0. The Hall–Kier alpha value is -3.62. The van der Waals surface area contributed by atoms with E-state index in [1.54, 1.807) is 27.2 Å². The Kier molecular flexibility index (Phi) is 4.81. The number of carbonyl (C=O) groups excluding carboxylic acids is 2. The van der Waals surface area contributed by atoms with Crippen LogP contribution in [0, 0.1) is 0 Å². The number of hydrogen-bond acceptors (Lipinski definition) is 8. The van der Waals surface area contributed by atoms with Crippen LogP contribution in [0.2, 0.25) is 0 Å². The Morgan fingerprint density at radius 3 is 2.30 bits per heavy atom. The van der Waals surface area contributed by atoms with Crippen LogP contribution in [0.25, 0.3) is 0 Å². The van der Waals surface area contributed by atoms with Crippen molar-refractivity contribution >= 4 is 23.3 Å². The van der Waals surface area contributed by atoms with Crippen molar-refractivity contribution in [2.75, 3.05) is 30.8 Å². The quantitative estimate of drug-likeness (QED) is 0.651. The predicted octanol–water partition coefficient (Wildman–Crippen LogP) is 3.53. The minimum absolute atomic E-state index is 0.155. The number of rotatable bonds is 3. The van der Waals surface area contributed by atoms with Crippen LogP contribution < -0.4 is 28.7 Å². The highest BCUT2D eigenvalue weighted by molar-refractivity contribution is 5.97. The molecule has 3 aliphatic heterocycles. The van der Waals surface area contributed by atoms with Gasteiger partial charge in [0.15, 0.2) is 23.0 Å². The Labute approximate surface area is 191 Å². The minimum Gasteiger partial charge on any atom is -0.493 e. The summed E-state index contributed by atoms with van der Waals surface area (Å²) in [5.74, 6) is 0.157. The lowest BCUT2D eigenvalue weighted by atomic mass is 9.86. The molecular weight excluding hydrogens is 428 g/mol. The van der Waals surface area contributed by atoms with Crippen LogP contribution in [-0.2, 0) is 20.7 Å². The van der Waals surface area contributed by atoms with Gasteiger partial charge in [-0.15, -0.1) is 0 Å². The Morgan fingerprint density at radius 1 is 1.00 bits per heavy atom. The molecule has 33 heavy (non-hydrogen) atoms. The van der Waals surface area contributed by atoms with Crippen LogP contribution in [0.15, 0.2) is 24.3 Å². The van der Waals surface area contributed by atoms with Gasteiger partial charge in [0.1, 0.15) is 0 Å². The van der Waals surface area contributed by atoms with Gasteiger partial charge < -0.3 is 28.6 Å². The summed E-state index contributed by atoms with van der Waals surface area (Å²) in [7, 11) is 3.12. The van der Waals surface area contributed by atoms with Gasteiger partial charge in [-0.25, -0.2) is 0 Å². The van der Waals surface area contributed by atoms with Crippen LogP contribution in [0.5, 0.6) is 23.0 Å². The number of fused-ring (bicyclic) bond motifs is 6. The molecule has 0 saturated carbocycles. The van der Waals surface area contributed by atoms with Crippen molar-refractivity contribution in [1.82, 2.24) is 0 Å². The SMILES string of the molecule is COc1cc2c(cc1OC)N(C(C)=O)[C@@](C)(OC(C)=O)N1c3cc4c(cc3CC[C@H]21)OCO4. The topological polar surface area (TPSA) is 86.8 Å². The molecule has 9 heteroatoms. The molecule has 0 bridgehead atoms. The van der Waals surface area contributed by atoms with E-state index in [1.807, 2.05) is 23.1 Å². The van der Waals surface area contributed by atoms with Crippen molar-refractivity contribution in [3.63, 3.8) is 0 Å². The summed E-state index contributed by atoms with van der Waals surface area (Å²) >= 11 is 0. The average molecular weight is 454 g/mol. The first-order chi connectivity index (χ1) is 15.8. The van der Waals surface area contributed by atoms with Gasteiger partial charge in [0.25, 0.3) is 5.85 Å². The van der Waals surface area contributed by atoms with Gasteiger partial charge in [-0.3, -0.25) is 14.5 Å². The molecule has 0 saturated heterocycles. The van der Waals surface area contributed by atoms with Gasteiger partial charge >= 0.3 is 5.97 Å². The average Bonchev–Trinajstić information content (AvgIpc) is 3.22. The molecule has 0 fully saturated rings. The Morgan fingerprint density at radius 2 is 1.67 bits per heavy atom. The fraction of sp³-hybridized carbons (Fsp3) is 0.417. The van der Waals surface area contributed by atoms with Crippen molar-refractivity contribution in [2.45, 2.75) is 45.5 Å². The molecule has 0 aromatic heterocycles. The second-order valence-corrected chi connectivity index (χ2v) is 8.41. The van der Waals surface area contributed by atoms with Gasteiger partial charge in [0, 0.05) is 44.2 Å². The highest BCUT2D eigenvalue weighted by Crippen LogP contribution is 2.55. The standard InChI is InChI=1S/C24H26N2O7/c1-13(27)25-19-11-21(30-5)20(29-4)9-16(19)17-7-6-15-8-22-23(32-12-31-22)10-18(15)26(17)24(25,3)33-14(2)28/h8-11,17H,6-7,12H2,1-5H3/t17-,24-/m1/s1. The van der Waals surface area contributed by atoms with Gasteiger partial charge in [0.05, 0.1) is 25.9 Å². The zero-order valence-electron chi connectivity index (χ0n) is 19.3. The summed E-state index contributed by atoms with van der Waals surface area (Å²) in [6.07, 6.45) is 1.51. The van der Waals surface area contributed by atoms with Crippen LogP contribution in [0.1, 0.15) is 44.4 Å². The van der Waals surface area contributed by atoms with Gasteiger partial charge in [-0.1, -0.05) is 0 Å². The number of amides is 1. The lowest BCUT2D eigenvalue weighted by Crippen LogP contribution is -2.67. The van der Waals surface area contributed by atoms with E-state index in [0.29, 0.717) is 28.7 Å². The van der Waals surface area contributed by atoms with E-state index in [-0.39, 0.29) is 18.7 Å².